The summed E-state index contributed by atoms with van der Waals surface area (Å²) in [5.41, 5.74) is 1.44. The van der Waals surface area contributed by atoms with Crippen LogP contribution in [-0.2, 0) is 0 Å². The van der Waals surface area contributed by atoms with Gasteiger partial charge in [0.25, 0.3) is 0 Å². The minimum absolute atomic E-state index is 0.650. The molecular weight excluding hydrogens is 336 g/mol. The van der Waals surface area contributed by atoms with Gasteiger partial charge in [-0.25, -0.2) is 0 Å². The summed E-state index contributed by atoms with van der Waals surface area (Å²) in [5, 5.41) is 1.05. The average molecular weight is 352 g/mol. The molecule has 0 aliphatic carbocycles. The van der Waals surface area contributed by atoms with Gasteiger partial charge in [0, 0.05) is 9.80 Å². The Hall–Kier alpha value is 0.530. The van der Waals surface area contributed by atoms with E-state index in [0.717, 1.165) is 9.80 Å². The van der Waals surface area contributed by atoms with E-state index in [9.17, 15) is 0 Å². The zero-order chi connectivity index (χ0) is 11.1. The normalized spacial score (nSPS) is 12.7. The molecule has 0 nitrogen and oxygen atoms in total. The Morgan fingerprint density at radius 3 is 2.47 bits per heavy atom. The van der Waals surface area contributed by atoms with Crippen LogP contribution in [0.25, 0.3) is 0 Å². The van der Waals surface area contributed by atoms with Crippen LogP contribution in [0.4, 0.5) is 0 Å². The molecule has 0 aliphatic rings. The summed E-state index contributed by atoms with van der Waals surface area (Å²) in [6.07, 6.45) is 1.26. The first-order chi connectivity index (χ1) is 7.27. The maximum atomic E-state index is 3.60. The zero-order valence-corrected chi connectivity index (χ0v) is 12.9. The van der Waals surface area contributed by atoms with Crippen molar-refractivity contribution < 1.29 is 0 Å². The molecule has 0 bridgehead atoms. The van der Waals surface area contributed by atoms with Gasteiger partial charge < -0.3 is 0 Å². The molecule has 0 amide bonds. The summed E-state index contributed by atoms with van der Waals surface area (Å²) in [5.74, 6) is 3.12. The number of hydrogen-bond donors (Lipinski definition) is 0. The lowest BCUT2D eigenvalue weighted by atomic mass is 9.99. The number of rotatable bonds is 6. The molecule has 0 spiro atoms. The van der Waals surface area contributed by atoms with Gasteiger partial charge in [0.2, 0.25) is 0 Å². The van der Waals surface area contributed by atoms with E-state index in [0.29, 0.717) is 5.92 Å². The van der Waals surface area contributed by atoms with Gasteiger partial charge in [-0.15, -0.1) is 0 Å². The molecule has 1 rings (SSSR count). The fraction of sp³-hybridized carbons (Fsp3) is 0.500. The second-order valence-electron chi connectivity index (χ2n) is 3.39. The van der Waals surface area contributed by atoms with Gasteiger partial charge in [-0.1, -0.05) is 50.9 Å². The van der Waals surface area contributed by atoms with Crippen molar-refractivity contribution in [2.45, 2.75) is 19.3 Å². The molecule has 0 saturated carbocycles. The predicted molar refractivity (Wildman–Crippen MR) is 78.3 cm³/mol. The predicted octanol–water partition coefficient (Wildman–Crippen LogP) is 5.07. The highest BCUT2D eigenvalue weighted by atomic mass is 79.9. The highest BCUT2D eigenvalue weighted by molar-refractivity contribution is 9.10. The molecular formula is C12H16Br2S. The highest BCUT2D eigenvalue weighted by Crippen LogP contribution is 2.25. The number of halogens is 2. The van der Waals surface area contributed by atoms with Crippen LogP contribution in [-0.4, -0.2) is 16.8 Å². The van der Waals surface area contributed by atoms with E-state index in [4.69, 9.17) is 0 Å². The van der Waals surface area contributed by atoms with Crippen LogP contribution in [0.5, 0.6) is 0 Å². The first-order valence-electron chi connectivity index (χ1n) is 5.17. The van der Waals surface area contributed by atoms with E-state index in [1.807, 2.05) is 11.8 Å². The van der Waals surface area contributed by atoms with Gasteiger partial charge in [-0.3, -0.25) is 0 Å². The van der Waals surface area contributed by atoms with Crippen molar-refractivity contribution in [2.75, 3.05) is 16.8 Å². The Morgan fingerprint density at radius 2 is 1.93 bits per heavy atom. The molecule has 0 aliphatic heterocycles. The third-order valence-electron chi connectivity index (χ3n) is 2.34. The van der Waals surface area contributed by atoms with Crippen LogP contribution in [0.1, 0.15) is 24.8 Å². The Bertz CT molecular complexity index is 271. The largest absolute Gasteiger partial charge is 0.162 e. The summed E-state index contributed by atoms with van der Waals surface area (Å²) in [6.45, 7) is 2.22. The third kappa shape index (κ3) is 4.92. The topological polar surface area (TPSA) is 0 Å². The number of benzene rings is 1. The van der Waals surface area contributed by atoms with Gasteiger partial charge in [0.1, 0.15) is 0 Å². The maximum absolute atomic E-state index is 3.60. The maximum Gasteiger partial charge on any atom is 0.0175 e. The molecule has 0 fully saturated rings. The summed E-state index contributed by atoms with van der Waals surface area (Å²) in [4.78, 5) is 0. The van der Waals surface area contributed by atoms with E-state index in [1.165, 1.54) is 23.5 Å². The van der Waals surface area contributed by atoms with Gasteiger partial charge in [0.15, 0.2) is 0 Å². The van der Waals surface area contributed by atoms with E-state index in [-0.39, 0.29) is 0 Å². The number of thioether (sulfide) groups is 1. The van der Waals surface area contributed by atoms with Gasteiger partial charge >= 0.3 is 0 Å². The second kappa shape index (κ2) is 7.75. The molecule has 0 saturated heterocycles. The van der Waals surface area contributed by atoms with Crippen molar-refractivity contribution in [1.29, 1.82) is 0 Å². The summed E-state index contributed by atoms with van der Waals surface area (Å²) >= 11 is 9.09. The summed E-state index contributed by atoms with van der Waals surface area (Å²) in [6, 6.07) is 8.68. The first-order valence-corrected chi connectivity index (χ1v) is 8.24. The number of hydrogen-bond acceptors (Lipinski definition) is 1. The fourth-order valence-corrected chi connectivity index (χ4v) is 3.14. The molecule has 0 heterocycles. The Kier molecular flexibility index (Phi) is 7.02. The summed E-state index contributed by atoms with van der Waals surface area (Å²) < 4.78 is 1.16. The molecule has 84 valence electrons. The standard InChI is InChI=1S/C12H16Br2S/c1-2-15-8-7-11(9-13)10-3-5-12(14)6-4-10/h3-6,11H,2,7-9H2,1H3. The lowest BCUT2D eigenvalue weighted by molar-refractivity contribution is 0.756. The quantitative estimate of drug-likeness (QED) is 0.509. The molecule has 1 unspecified atom stereocenters. The molecule has 3 heteroatoms. The summed E-state index contributed by atoms with van der Waals surface area (Å²) in [7, 11) is 0. The monoisotopic (exact) mass is 350 g/mol. The fourth-order valence-electron chi connectivity index (χ4n) is 1.44. The van der Waals surface area contributed by atoms with Crippen LogP contribution in [0.2, 0.25) is 0 Å². The van der Waals surface area contributed by atoms with Crippen LogP contribution in [0.3, 0.4) is 0 Å². The lowest BCUT2D eigenvalue weighted by Gasteiger charge is -2.14. The van der Waals surface area contributed by atoms with Crippen molar-refractivity contribution in [3.05, 3.63) is 34.3 Å². The van der Waals surface area contributed by atoms with Crippen molar-refractivity contribution in [1.82, 2.24) is 0 Å². The van der Waals surface area contributed by atoms with Crippen molar-refractivity contribution in [2.24, 2.45) is 0 Å². The average Bonchev–Trinajstić information content (AvgIpc) is 2.26. The van der Waals surface area contributed by atoms with Gasteiger partial charge in [-0.05, 0) is 41.5 Å². The molecule has 0 aromatic heterocycles. The zero-order valence-electron chi connectivity index (χ0n) is 8.88. The molecule has 15 heavy (non-hydrogen) atoms. The SMILES string of the molecule is CCSCCC(CBr)c1ccc(Br)cc1. The van der Waals surface area contributed by atoms with E-state index < -0.39 is 0 Å². The van der Waals surface area contributed by atoms with Gasteiger partial charge in [0.05, 0.1) is 0 Å². The molecule has 0 radical (unpaired) electrons. The van der Waals surface area contributed by atoms with Crippen LogP contribution in [0, 0.1) is 0 Å². The van der Waals surface area contributed by atoms with Crippen LogP contribution >= 0.6 is 43.6 Å². The molecule has 1 aromatic rings. The van der Waals surface area contributed by atoms with Crippen molar-refractivity contribution >= 4 is 43.6 Å². The van der Waals surface area contributed by atoms with Crippen LogP contribution < -0.4 is 0 Å². The van der Waals surface area contributed by atoms with Gasteiger partial charge in [-0.2, -0.15) is 11.8 Å². The van der Waals surface area contributed by atoms with Crippen molar-refractivity contribution in [3.63, 3.8) is 0 Å². The minimum atomic E-state index is 0.650. The van der Waals surface area contributed by atoms with E-state index in [1.54, 1.807) is 0 Å². The lowest BCUT2D eigenvalue weighted by Crippen LogP contribution is -2.01. The highest BCUT2D eigenvalue weighted by Gasteiger charge is 2.09. The van der Waals surface area contributed by atoms with E-state index in [2.05, 4.69) is 63.0 Å². The first kappa shape index (κ1) is 13.6. The minimum Gasteiger partial charge on any atom is -0.162 e. The molecule has 0 N–H and O–H groups in total. The second-order valence-corrected chi connectivity index (χ2v) is 6.35. The molecule has 1 aromatic carbocycles. The number of alkyl halides is 1. The Labute approximate surface area is 113 Å². The smallest absolute Gasteiger partial charge is 0.0175 e. The molecule has 1 atom stereocenters. The van der Waals surface area contributed by atoms with Crippen molar-refractivity contribution in [3.8, 4) is 0 Å². The Balaban J connectivity index is 2.53. The van der Waals surface area contributed by atoms with E-state index >= 15 is 0 Å². The third-order valence-corrected chi connectivity index (χ3v) is 4.59. The Morgan fingerprint density at radius 1 is 1.27 bits per heavy atom. The van der Waals surface area contributed by atoms with Crippen LogP contribution in [0.15, 0.2) is 28.7 Å².